The van der Waals surface area contributed by atoms with Gasteiger partial charge >= 0.3 is 0 Å². The van der Waals surface area contributed by atoms with Gasteiger partial charge in [0.15, 0.2) is 0 Å². The minimum Gasteiger partial charge on any atom is -0.303 e. The van der Waals surface area contributed by atoms with Crippen molar-refractivity contribution in [2.24, 2.45) is 5.10 Å². The van der Waals surface area contributed by atoms with Gasteiger partial charge < -0.3 is 5.01 Å². The van der Waals surface area contributed by atoms with Gasteiger partial charge in [-0.25, -0.2) is 0 Å². The summed E-state index contributed by atoms with van der Waals surface area (Å²) in [6.45, 7) is 0. The molecular formula is C17H16N2. The van der Waals surface area contributed by atoms with E-state index < -0.39 is 0 Å². The molecule has 0 saturated carbocycles. The molecule has 0 saturated heterocycles. The molecule has 0 radical (unpaired) electrons. The summed E-state index contributed by atoms with van der Waals surface area (Å²) in [5.74, 6) is 6.36. The van der Waals surface area contributed by atoms with Crippen LogP contribution in [0.2, 0.25) is 0 Å². The van der Waals surface area contributed by atoms with Crippen LogP contribution < -0.4 is 0 Å². The number of nitrogens with zero attached hydrogens (tertiary/aromatic N) is 2. The molecule has 0 bridgehead atoms. The van der Waals surface area contributed by atoms with Crippen LogP contribution in [0.15, 0.2) is 59.7 Å². The van der Waals surface area contributed by atoms with Gasteiger partial charge in [-0.3, -0.25) is 0 Å². The van der Waals surface area contributed by atoms with E-state index in [0.717, 1.165) is 16.7 Å². The third-order valence-electron chi connectivity index (χ3n) is 2.50. The number of rotatable bonds is 2. The van der Waals surface area contributed by atoms with Crippen LogP contribution in [0.4, 0.5) is 0 Å². The molecule has 2 heteroatoms. The Morgan fingerprint density at radius 3 is 2.32 bits per heavy atom. The van der Waals surface area contributed by atoms with Gasteiger partial charge in [-0.2, -0.15) is 5.10 Å². The molecule has 0 aromatic heterocycles. The van der Waals surface area contributed by atoms with Gasteiger partial charge in [-0.1, -0.05) is 48.2 Å². The Kier molecular flexibility index (Phi) is 4.36. The van der Waals surface area contributed by atoms with Gasteiger partial charge in [0.05, 0.1) is 6.21 Å². The standard InChI is InChI=1S/C17H16N2/c1-19(2)18-14-17-11-7-6-10-16(17)13-12-15-8-4-3-5-9-15/h3-11,14H,1-2H3/b18-14+. The first-order valence-corrected chi connectivity index (χ1v) is 6.13. The molecule has 0 fully saturated rings. The summed E-state index contributed by atoms with van der Waals surface area (Å²) in [6.07, 6.45) is 1.83. The molecule has 94 valence electrons. The van der Waals surface area contributed by atoms with Crippen molar-refractivity contribution >= 4 is 6.21 Å². The zero-order chi connectivity index (χ0) is 13.5. The van der Waals surface area contributed by atoms with Crippen LogP contribution in [-0.2, 0) is 0 Å². The first-order valence-electron chi connectivity index (χ1n) is 6.13. The molecule has 2 aromatic carbocycles. The lowest BCUT2D eigenvalue weighted by atomic mass is 10.1. The molecule has 0 amide bonds. The third-order valence-corrected chi connectivity index (χ3v) is 2.50. The summed E-state index contributed by atoms with van der Waals surface area (Å²) in [7, 11) is 3.80. The fourth-order valence-corrected chi connectivity index (χ4v) is 1.56. The predicted molar refractivity (Wildman–Crippen MR) is 80.1 cm³/mol. The molecule has 2 aromatic rings. The molecule has 2 nitrogen and oxygen atoms in total. The number of hydrogen-bond donors (Lipinski definition) is 0. The zero-order valence-electron chi connectivity index (χ0n) is 11.2. The maximum Gasteiger partial charge on any atom is 0.0555 e. The molecule has 2 rings (SSSR count). The van der Waals surface area contributed by atoms with E-state index in [0.29, 0.717) is 0 Å². The number of hydrazone groups is 1. The Morgan fingerprint density at radius 1 is 0.895 bits per heavy atom. The Bertz CT molecular complexity index is 616. The highest BCUT2D eigenvalue weighted by molar-refractivity contribution is 5.83. The summed E-state index contributed by atoms with van der Waals surface area (Å²) < 4.78 is 0. The zero-order valence-corrected chi connectivity index (χ0v) is 11.2. The molecule has 0 aliphatic heterocycles. The van der Waals surface area contributed by atoms with Crippen LogP contribution in [0, 0.1) is 11.8 Å². The van der Waals surface area contributed by atoms with E-state index in [2.05, 4.69) is 16.9 Å². The second-order valence-electron chi connectivity index (χ2n) is 4.30. The lowest BCUT2D eigenvalue weighted by Crippen LogP contribution is -2.02. The minimum atomic E-state index is 0.983. The van der Waals surface area contributed by atoms with Crippen molar-refractivity contribution in [1.82, 2.24) is 5.01 Å². The SMILES string of the molecule is CN(C)/N=C/c1ccccc1C#Cc1ccccc1. The monoisotopic (exact) mass is 248 g/mol. The lowest BCUT2D eigenvalue weighted by molar-refractivity contribution is 0.440. The summed E-state index contributed by atoms with van der Waals surface area (Å²) in [6, 6.07) is 18.0. The van der Waals surface area contributed by atoms with Crippen LogP contribution in [-0.4, -0.2) is 25.3 Å². The molecule has 19 heavy (non-hydrogen) atoms. The van der Waals surface area contributed by atoms with Crippen molar-refractivity contribution in [2.75, 3.05) is 14.1 Å². The Morgan fingerprint density at radius 2 is 1.58 bits per heavy atom. The van der Waals surface area contributed by atoms with E-state index in [1.807, 2.05) is 74.9 Å². The van der Waals surface area contributed by atoms with Gasteiger partial charge in [-0.05, 0) is 18.2 Å². The molecule has 0 aliphatic rings. The van der Waals surface area contributed by atoms with Crippen molar-refractivity contribution in [3.63, 3.8) is 0 Å². The number of benzene rings is 2. The van der Waals surface area contributed by atoms with E-state index in [4.69, 9.17) is 0 Å². The third kappa shape index (κ3) is 4.01. The summed E-state index contributed by atoms with van der Waals surface area (Å²) in [4.78, 5) is 0. The summed E-state index contributed by atoms with van der Waals surface area (Å²) in [5.41, 5.74) is 3.03. The van der Waals surface area contributed by atoms with E-state index >= 15 is 0 Å². The van der Waals surface area contributed by atoms with Crippen LogP contribution in [0.1, 0.15) is 16.7 Å². The molecule has 0 N–H and O–H groups in total. The second-order valence-corrected chi connectivity index (χ2v) is 4.30. The highest BCUT2D eigenvalue weighted by atomic mass is 15.4. The van der Waals surface area contributed by atoms with Crippen molar-refractivity contribution in [3.8, 4) is 11.8 Å². The lowest BCUT2D eigenvalue weighted by Gasteiger charge is -2.03. The highest BCUT2D eigenvalue weighted by Gasteiger charge is 1.95. The fourth-order valence-electron chi connectivity index (χ4n) is 1.56. The van der Waals surface area contributed by atoms with Gasteiger partial charge in [-0.15, -0.1) is 0 Å². The maximum atomic E-state index is 4.25. The van der Waals surface area contributed by atoms with Gasteiger partial charge in [0.2, 0.25) is 0 Å². The van der Waals surface area contributed by atoms with Crippen LogP contribution in [0.5, 0.6) is 0 Å². The first-order chi connectivity index (χ1) is 9.25. The summed E-state index contributed by atoms with van der Waals surface area (Å²) >= 11 is 0. The average Bonchev–Trinajstić information content (AvgIpc) is 2.45. The van der Waals surface area contributed by atoms with Gasteiger partial charge in [0.25, 0.3) is 0 Å². The van der Waals surface area contributed by atoms with Gasteiger partial charge in [0, 0.05) is 30.8 Å². The topological polar surface area (TPSA) is 15.6 Å². The number of hydrogen-bond acceptors (Lipinski definition) is 2. The van der Waals surface area contributed by atoms with Crippen molar-refractivity contribution in [2.45, 2.75) is 0 Å². The molecular weight excluding hydrogens is 232 g/mol. The normalized spacial score (nSPS) is 10.0. The molecule has 0 heterocycles. The molecule has 0 aliphatic carbocycles. The molecule has 0 unspecified atom stereocenters. The maximum absolute atomic E-state index is 4.25. The Labute approximate surface area is 114 Å². The van der Waals surface area contributed by atoms with Crippen LogP contribution in [0.25, 0.3) is 0 Å². The fraction of sp³-hybridized carbons (Fsp3) is 0.118. The van der Waals surface area contributed by atoms with Gasteiger partial charge in [0.1, 0.15) is 0 Å². The quantitative estimate of drug-likeness (QED) is 0.453. The van der Waals surface area contributed by atoms with Crippen molar-refractivity contribution < 1.29 is 0 Å². The van der Waals surface area contributed by atoms with E-state index in [1.54, 1.807) is 5.01 Å². The predicted octanol–water partition coefficient (Wildman–Crippen LogP) is 2.98. The molecule has 0 spiro atoms. The Balaban J connectivity index is 2.29. The summed E-state index contributed by atoms with van der Waals surface area (Å²) in [5, 5.41) is 6.02. The van der Waals surface area contributed by atoms with E-state index in [-0.39, 0.29) is 0 Å². The van der Waals surface area contributed by atoms with Crippen LogP contribution in [0.3, 0.4) is 0 Å². The van der Waals surface area contributed by atoms with E-state index in [9.17, 15) is 0 Å². The first kappa shape index (κ1) is 12.9. The van der Waals surface area contributed by atoms with E-state index in [1.165, 1.54) is 0 Å². The average molecular weight is 248 g/mol. The largest absolute Gasteiger partial charge is 0.303 e. The van der Waals surface area contributed by atoms with Crippen molar-refractivity contribution in [3.05, 3.63) is 71.3 Å². The van der Waals surface area contributed by atoms with Crippen molar-refractivity contribution in [1.29, 1.82) is 0 Å². The highest BCUT2D eigenvalue weighted by Crippen LogP contribution is 2.05. The van der Waals surface area contributed by atoms with Crippen LogP contribution >= 0.6 is 0 Å². The molecule has 0 atom stereocenters. The minimum absolute atomic E-state index is 0.983. The smallest absolute Gasteiger partial charge is 0.0555 e. The second kappa shape index (κ2) is 6.42. The Hall–Kier alpha value is -2.53.